The molecule has 2 amide bonds. The molecule has 1 N–H and O–H groups in total. The van der Waals surface area contributed by atoms with E-state index in [9.17, 15) is 9.59 Å². The van der Waals surface area contributed by atoms with E-state index in [1.54, 1.807) is 4.90 Å². The lowest BCUT2D eigenvalue weighted by Crippen LogP contribution is -2.43. The van der Waals surface area contributed by atoms with Crippen molar-refractivity contribution in [2.45, 2.75) is 18.0 Å². The first-order valence-corrected chi connectivity index (χ1v) is 11.3. The van der Waals surface area contributed by atoms with E-state index in [1.807, 2.05) is 30.3 Å². The maximum Gasteiger partial charge on any atom is 0.240 e. The van der Waals surface area contributed by atoms with Crippen molar-refractivity contribution < 1.29 is 9.59 Å². The fraction of sp³-hybridized carbons (Fsp3) is 0.391. The zero-order chi connectivity index (χ0) is 20.9. The van der Waals surface area contributed by atoms with Gasteiger partial charge in [-0.15, -0.1) is 11.8 Å². The van der Waals surface area contributed by atoms with Crippen LogP contribution in [0.15, 0.2) is 53.4 Å². The molecule has 2 heterocycles. The fourth-order valence-corrected chi connectivity index (χ4v) is 4.77. The number of thioether (sulfide) groups is 1. The van der Waals surface area contributed by atoms with Crippen LogP contribution in [0.5, 0.6) is 0 Å². The van der Waals surface area contributed by atoms with E-state index in [-0.39, 0.29) is 18.4 Å². The quantitative estimate of drug-likeness (QED) is 0.771. The van der Waals surface area contributed by atoms with Crippen LogP contribution in [0.25, 0.3) is 0 Å². The second-order valence-electron chi connectivity index (χ2n) is 7.91. The number of likely N-dealkylation sites (N-methyl/N-ethyl adjacent to an activating group) is 1. The number of rotatable bonds is 6. The average molecular weight is 425 g/mol. The van der Waals surface area contributed by atoms with Crippen LogP contribution in [-0.4, -0.2) is 67.1 Å². The Balaban J connectivity index is 1.32. The normalized spacial score (nSPS) is 17.6. The number of para-hydroxylation sites is 1. The summed E-state index contributed by atoms with van der Waals surface area (Å²) in [6, 6.07) is 16.1. The summed E-state index contributed by atoms with van der Waals surface area (Å²) in [5.41, 5.74) is 3.17. The van der Waals surface area contributed by atoms with Gasteiger partial charge >= 0.3 is 0 Å². The molecule has 2 aliphatic rings. The summed E-state index contributed by atoms with van der Waals surface area (Å²) in [5.74, 6) is 0.205. The molecule has 4 rings (SSSR count). The van der Waals surface area contributed by atoms with Gasteiger partial charge in [0.25, 0.3) is 0 Å². The Hall–Kier alpha value is -2.35. The van der Waals surface area contributed by atoms with Crippen molar-refractivity contribution in [3.63, 3.8) is 0 Å². The highest BCUT2D eigenvalue weighted by molar-refractivity contribution is 8.00. The third kappa shape index (κ3) is 5.22. The number of hydrogen-bond acceptors (Lipinski definition) is 5. The zero-order valence-electron chi connectivity index (χ0n) is 17.3. The van der Waals surface area contributed by atoms with Gasteiger partial charge in [-0.2, -0.15) is 0 Å². The number of anilines is 1. The summed E-state index contributed by atoms with van der Waals surface area (Å²) in [6.07, 6.45) is 0. The Bertz CT molecular complexity index is 912. The fourth-order valence-electron chi connectivity index (χ4n) is 3.83. The summed E-state index contributed by atoms with van der Waals surface area (Å²) in [5, 5.41) is 2.97. The van der Waals surface area contributed by atoms with Crippen LogP contribution < -0.4 is 10.2 Å². The minimum atomic E-state index is -0.144. The van der Waals surface area contributed by atoms with Crippen molar-refractivity contribution in [1.82, 2.24) is 15.1 Å². The highest BCUT2D eigenvalue weighted by Crippen LogP contribution is 2.34. The van der Waals surface area contributed by atoms with Gasteiger partial charge in [-0.1, -0.05) is 36.4 Å². The predicted molar refractivity (Wildman–Crippen MR) is 121 cm³/mol. The van der Waals surface area contributed by atoms with Gasteiger partial charge < -0.3 is 15.1 Å². The molecule has 0 spiro atoms. The maximum absolute atomic E-state index is 12.5. The molecule has 30 heavy (non-hydrogen) atoms. The molecule has 7 heteroatoms. The Morgan fingerprint density at radius 1 is 1.03 bits per heavy atom. The minimum Gasteiger partial charge on any atom is -0.350 e. The molecule has 0 atom stereocenters. The van der Waals surface area contributed by atoms with Crippen LogP contribution in [0.4, 0.5) is 5.69 Å². The zero-order valence-corrected chi connectivity index (χ0v) is 18.2. The molecule has 158 valence electrons. The number of benzene rings is 2. The van der Waals surface area contributed by atoms with Gasteiger partial charge in [0.05, 0.1) is 11.4 Å². The van der Waals surface area contributed by atoms with Gasteiger partial charge in [0.1, 0.15) is 6.54 Å². The average Bonchev–Trinajstić information content (AvgIpc) is 2.76. The number of carbonyl (C=O) groups is 2. The second-order valence-corrected chi connectivity index (χ2v) is 8.93. The Labute approximate surface area is 182 Å². The molecule has 0 bridgehead atoms. The molecular formula is C23H28N4O2S. The van der Waals surface area contributed by atoms with E-state index in [0.29, 0.717) is 12.3 Å². The van der Waals surface area contributed by atoms with Gasteiger partial charge in [-0.25, -0.2) is 0 Å². The van der Waals surface area contributed by atoms with E-state index < -0.39 is 0 Å². The molecule has 0 unspecified atom stereocenters. The number of hydrogen-bond donors (Lipinski definition) is 1. The van der Waals surface area contributed by atoms with Gasteiger partial charge in [-0.05, 0) is 30.3 Å². The minimum absolute atomic E-state index is 0.0250. The number of amides is 2. The van der Waals surface area contributed by atoms with Crippen molar-refractivity contribution in [3.05, 3.63) is 59.7 Å². The van der Waals surface area contributed by atoms with Gasteiger partial charge in [0.15, 0.2) is 0 Å². The molecule has 0 aliphatic carbocycles. The van der Waals surface area contributed by atoms with E-state index in [1.165, 1.54) is 17.3 Å². The summed E-state index contributed by atoms with van der Waals surface area (Å²) in [6.45, 7) is 5.83. The first-order valence-electron chi connectivity index (χ1n) is 10.4. The summed E-state index contributed by atoms with van der Waals surface area (Å²) in [7, 11) is 2.16. The van der Waals surface area contributed by atoms with Crippen molar-refractivity contribution in [2.75, 3.05) is 50.4 Å². The number of fused-ring (bicyclic) bond motifs is 1. The Morgan fingerprint density at radius 2 is 1.80 bits per heavy atom. The van der Waals surface area contributed by atoms with Crippen LogP contribution in [0.3, 0.4) is 0 Å². The number of nitrogens with one attached hydrogen (secondary N) is 1. The largest absolute Gasteiger partial charge is 0.350 e. The van der Waals surface area contributed by atoms with Crippen LogP contribution in [0.1, 0.15) is 11.1 Å². The molecule has 2 aromatic carbocycles. The van der Waals surface area contributed by atoms with E-state index >= 15 is 0 Å². The van der Waals surface area contributed by atoms with Gasteiger partial charge in [0, 0.05) is 44.2 Å². The van der Waals surface area contributed by atoms with Crippen LogP contribution >= 0.6 is 11.8 Å². The van der Waals surface area contributed by atoms with Crippen molar-refractivity contribution >= 4 is 29.3 Å². The van der Waals surface area contributed by atoms with Crippen LogP contribution in [0.2, 0.25) is 0 Å². The summed E-state index contributed by atoms with van der Waals surface area (Å²) >= 11 is 1.52. The van der Waals surface area contributed by atoms with Crippen LogP contribution in [0, 0.1) is 0 Å². The lowest BCUT2D eigenvalue weighted by molar-refractivity contribution is -0.123. The van der Waals surface area contributed by atoms with Crippen LogP contribution in [-0.2, 0) is 22.7 Å². The van der Waals surface area contributed by atoms with E-state index in [2.05, 4.69) is 40.4 Å². The first kappa shape index (κ1) is 20.9. The Morgan fingerprint density at radius 3 is 2.63 bits per heavy atom. The maximum atomic E-state index is 12.5. The predicted octanol–water partition coefficient (Wildman–Crippen LogP) is 2.19. The molecule has 2 aromatic rings. The number of piperazine rings is 1. The SMILES string of the molecule is CN1CCN(Cc2cccc(CNC(=O)CN3C(=O)CSc4ccccc43)c2)CC1. The number of carbonyl (C=O) groups excluding carboxylic acids is 2. The van der Waals surface area contributed by atoms with Gasteiger partial charge in [-0.3, -0.25) is 14.5 Å². The Kier molecular flexibility index (Phi) is 6.72. The first-order chi connectivity index (χ1) is 14.6. The molecule has 1 fully saturated rings. The van der Waals surface area contributed by atoms with Crippen molar-refractivity contribution in [1.29, 1.82) is 0 Å². The molecule has 2 aliphatic heterocycles. The van der Waals surface area contributed by atoms with Gasteiger partial charge in [0.2, 0.25) is 11.8 Å². The lowest BCUT2D eigenvalue weighted by Gasteiger charge is -2.32. The topological polar surface area (TPSA) is 55.9 Å². The highest BCUT2D eigenvalue weighted by Gasteiger charge is 2.26. The molecule has 0 aromatic heterocycles. The highest BCUT2D eigenvalue weighted by atomic mass is 32.2. The summed E-state index contributed by atoms with van der Waals surface area (Å²) < 4.78 is 0. The lowest BCUT2D eigenvalue weighted by atomic mass is 10.1. The van der Waals surface area contributed by atoms with E-state index in [4.69, 9.17) is 0 Å². The van der Waals surface area contributed by atoms with Crippen molar-refractivity contribution in [3.8, 4) is 0 Å². The summed E-state index contributed by atoms with van der Waals surface area (Å²) in [4.78, 5) is 32.3. The molecule has 6 nitrogen and oxygen atoms in total. The standard InChI is InChI=1S/C23H28N4O2S/c1-25-9-11-26(12-10-25)15-19-6-4-5-18(13-19)14-24-22(28)16-27-20-7-2-3-8-21(20)30-17-23(27)29/h2-8,13H,9-12,14-17H2,1H3,(H,24,28). The third-order valence-electron chi connectivity index (χ3n) is 5.59. The second kappa shape index (κ2) is 9.64. The third-order valence-corrected chi connectivity index (χ3v) is 6.64. The molecule has 0 saturated carbocycles. The molecule has 0 radical (unpaired) electrons. The van der Waals surface area contributed by atoms with Crippen molar-refractivity contribution in [2.24, 2.45) is 0 Å². The number of nitrogens with zero attached hydrogens (tertiary/aromatic N) is 3. The van der Waals surface area contributed by atoms with E-state index in [0.717, 1.165) is 48.9 Å². The monoisotopic (exact) mass is 424 g/mol. The molecular weight excluding hydrogens is 396 g/mol. The smallest absolute Gasteiger partial charge is 0.240 e. The molecule has 1 saturated heterocycles.